The number of carbonyl (C=O) groups is 4. The molecular weight excluding hydrogens is 464 g/mol. The van der Waals surface area contributed by atoms with Crippen molar-refractivity contribution < 1.29 is 29.0 Å². The van der Waals surface area contributed by atoms with Gasteiger partial charge in [0.15, 0.2) is 11.6 Å². The van der Waals surface area contributed by atoms with Crippen LogP contribution < -0.4 is 22.5 Å². The van der Waals surface area contributed by atoms with Gasteiger partial charge in [-0.15, -0.1) is 12.4 Å². The van der Waals surface area contributed by atoms with Crippen LogP contribution in [0.15, 0.2) is 30.3 Å². The van der Waals surface area contributed by atoms with Crippen LogP contribution in [0.1, 0.15) is 51.0 Å². The summed E-state index contributed by atoms with van der Waals surface area (Å²) in [5, 5.41) is 12.4. The van der Waals surface area contributed by atoms with Gasteiger partial charge in [0.25, 0.3) is 0 Å². The molecule has 0 aliphatic heterocycles. The molecule has 1 aromatic carbocycles. The van der Waals surface area contributed by atoms with Crippen LogP contribution in [0.25, 0.3) is 0 Å². The molecule has 190 valence electrons. The van der Waals surface area contributed by atoms with E-state index in [1.165, 1.54) is 6.92 Å². The predicted octanol–water partition coefficient (Wildman–Crippen LogP) is 1.27. The SMILES string of the molecule is CC(N)C(=O)C1(C(=O)C(CCCCN)NC(=O)OCc2ccccc2)CCCC1(N)C(=O)O.Cl. The van der Waals surface area contributed by atoms with Gasteiger partial charge >= 0.3 is 12.1 Å². The number of aliphatic carboxylic acids is 1. The Morgan fingerprint density at radius 3 is 2.32 bits per heavy atom. The molecule has 1 aromatic rings. The average Bonchev–Trinajstić information content (AvgIpc) is 3.16. The number of carbonyl (C=O) groups excluding carboxylic acids is 3. The number of carboxylic acid groups (broad SMARTS) is 1. The van der Waals surface area contributed by atoms with Gasteiger partial charge in [-0.3, -0.25) is 14.4 Å². The third-order valence-electron chi connectivity index (χ3n) is 6.29. The molecule has 0 radical (unpaired) electrons. The largest absolute Gasteiger partial charge is 0.480 e. The predicted molar refractivity (Wildman–Crippen MR) is 128 cm³/mol. The Balaban J connectivity index is 0.00000578. The van der Waals surface area contributed by atoms with Crippen molar-refractivity contribution in [1.82, 2.24) is 5.32 Å². The second kappa shape index (κ2) is 12.8. The summed E-state index contributed by atoms with van der Waals surface area (Å²) in [4.78, 5) is 51.7. The number of hydrogen-bond donors (Lipinski definition) is 5. The van der Waals surface area contributed by atoms with Crippen LogP contribution in [-0.2, 0) is 25.7 Å². The number of alkyl carbamates (subject to hydrolysis) is 1. The van der Waals surface area contributed by atoms with Crippen molar-refractivity contribution in [2.75, 3.05) is 6.54 Å². The highest BCUT2D eigenvalue weighted by Crippen LogP contribution is 2.48. The summed E-state index contributed by atoms with van der Waals surface area (Å²) in [6.45, 7) is 1.75. The second-order valence-electron chi connectivity index (χ2n) is 8.60. The molecule has 0 spiro atoms. The van der Waals surface area contributed by atoms with Gasteiger partial charge in [0.2, 0.25) is 0 Å². The number of nitrogens with two attached hydrogens (primary N) is 3. The summed E-state index contributed by atoms with van der Waals surface area (Å²) in [5.74, 6) is -2.94. The first kappa shape index (κ1) is 29.5. The molecular formula is C23H35ClN4O6. The Kier molecular flexibility index (Phi) is 11.1. The molecule has 1 aliphatic carbocycles. The van der Waals surface area contributed by atoms with Gasteiger partial charge in [-0.05, 0) is 57.6 Å². The molecule has 10 nitrogen and oxygen atoms in total. The monoisotopic (exact) mass is 498 g/mol. The molecule has 0 heterocycles. The lowest BCUT2D eigenvalue weighted by molar-refractivity contribution is -0.159. The molecule has 1 amide bonds. The summed E-state index contributed by atoms with van der Waals surface area (Å²) >= 11 is 0. The van der Waals surface area contributed by atoms with Crippen molar-refractivity contribution >= 4 is 36.0 Å². The Morgan fingerprint density at radius 1 is 1.12 bits per heavy atom. The zero-order valence-corrected chi connectivity index (χ0v) is 20.1. The van der Waals surface area contributed by atoms with E-state index in [0.29, 0.717) is 19.4 Å². The number of nitrogens with one attached hydrogen (secondary N) is 1. The van der Waals surface area contributed by atoms with Gasteiger partial charge < -0.3 is 32.4 Å². The van der Waals surface area contributed by atoms with E-state index in [0.717, 1.165) is 5.56 Å². The molecule has 8 N–H and O–H groups in total. The van der Waals surface area contributed by atoms with Crippen LogP contribution in [0.2, 0.25) is 0 Å². The zero-order valence-electron chi connectivity index (χ0n) is 19.3. The van der Waals surface area contributed by atoms with Gasteiger partial charge in [0, 0.05) is 0 Å². The van der Waals surface area contributed by atoms with Crippen LogP contribution in [0.4, 0.5) is 4.79 Å². The van der Waals surface area contributed by atoms with Crippen molar-refractivity contribution in [1.29, 1.82) is 0 Å². The number of halogens is 1. The number of benzene rings is 1. The van der Waals surface area contributed by atoms with Crippen molar-refractivity contribution in [3.8, 4) is 0 Å². The molecule has 34 heavy (non-hydrogen) atoms. The first-order valence-electron chi connectivity index (χ1n) is 11.1. The number of carboxylic acids is 1. The standard InChI is InChI=1S/C23H34N4O6.ClH/c1-15(25)18(28)22(11-7-12-23(22,26)20(30)31)19(29)17(10-5-6-13-24)27-21(32)33-14-16-8-3-2-4-9-16;/h2-4,8-9,15,17H,5-7,10-14,24-26H2,1H3,(H,27,32)(H,30,31);1H. The van der Waals surface area contributed by atoms with E-state index in [9.17, 15) is 24.3 Å². The second-order valence-corrected chi connectivity index (χ2v) is 8.60. The Labute approximate surface area is 205 Å². The highest BCUT2D eigenvalue weighted by molar-refractivity contribution is 6.16. The third-order valence-corrected chi connectivity index (χ3v) is 6.29. The Morgan fingerprint density at radius 2 is 1.76 bits per heavy atom. The lowest BCUT2D eigenvalue weighted by Gasteiger charge is -2.40. The molecule has 1 fully saturated rings. The number of amides is 1. The first-order valence-corrected chi connectivity index (χ1v) is 11.1. The number of ether oxygens (including phenoxy) is 1. The zero-order chi connectivity index (χ0) is 24.6. The van der Waals surface area contributed by atoms with E-state index >= 15 is 0 Å². The van der Waals surface area contributed by atoms with Gasteiger partial charge in [0.05, 0.1) is 12.1 Å². The van der Waals surface area contributed by atoms with Gasteiger partial charge in [0.1, 0.15) is 17.6 Å². The molecule has 4 atom stereocenters. The summed E-state index contributed by atoms with van der Waals surface area (Å²) < 4.78 is 5.23. The molecule has 2 rings (SSSR count). The van der Waals surface area contributed by atoms with Crippen molar-refractivity contribution in [3.63, 3.8) is 0 Å². The lowest BCUT2D eigenvalue weighted by Crippen LogP contribution is -2.69. The maximum Gasteiger partial charge on any atom is 0.408 e. The minimum absolute atomic E-state index is 0. The summed E-state index contributed by atoms with van der Waals surface area (Å²) in [5.41, 5.74) is 14.2. The first-order chi connectivity index (χ1) is 15.6. The number of unbranched alkanes of at least 4 members (excludes halogenated alkanes) is 1. The van der Waals surface area contributed by atoms with Crippen molar-refractivity contribution in [2.24, 2.45) is 22.6 Å². The van der Waals surface area contributed by atoms with E-state index in [4.69, 9.17) is 21.9 Å². The lowest BCUT2D eigenvalue weighted by atomic mass is 9.63. The number of Topliss-reactive ketones (excluding diaryl/α,β-unsaturated/α-hetero) is 2. The van der Waals surface area contributed by atoms with Crippen LogP contribution in [-0.4, -0.2) is 52.9 Å². The van der Waals surface area contributed by atoms with E-state index in [2.05, 4.69) is 5.32 Å². The molecule has 0 saturated heterocycles. The van der Waals surface area contributed by atoms with Crippen LogP contribution in [0.5, 0.6) is 0 Å². The average molecular weight is 499 g/mol. The van der Waals surface area contributed by atoms with Crippen LogP contribution in [0.3, 0.4) is 0 Å². The van der Waals surface area contributed by atoms with Crippen LogP contribution >= 0.6 is 12.4 Å². The molecule has 1 aliphatic rings. The maximum absolute atomic E-state index is 13.8. The fraction of sp³-hybridized carbons (Fsp3) is 0.565. The number of rotatable bonds is 12. The maximum atomic E-state index is 13.8. The van der Waals surface area contributed by atoms with E-state index < -0.39 is 46.7 Å². The van der Waals surface area contributed by atoms with Crippen molar-refractivity contribution in [3.05, 3.63) is 35.9 Å². The fourth-order valence-corrected chi connectivity index (χ4v) is 4.52. The van der Waals surface area contributed by atoms with Gasteiger partial charge in [-0.25, -0.2) is 4.79 Å². The molecule has 0 bridgehead atoms. The van der Waals surface area contributed by atoms with Crippen molar-refractivity contribution in [2.45, 2.75) is 69.7 Å². The Bertz CT molecular complexity index is 868. The number of hydrogen-bond acceptors (Lipinski definition) is 8. The van der Waals surface area contributed by atoms with Crippen LogP contribution in [0, 0.1) is 5.41 Å². The Hall–Kier alpha value is -2.53. The molecule has 0 aromatic heterocycles. The molecule has 1 saturated carbocycles. The molecule has 4 unspecified atom stereocenters. The van der Waals surface area contributed by atoms with Gasteiger partial charge in [-0.1, -0.05) is 30.3 Å². The molecule has 11 heteroatoms. The highest BCUT2D eigenvalue weighted by atomic mass is 35.5. The number of ketones is 2. The fourth-order valence-electron chi connectivity index (χ4n) is 4.52. The normalized spacial score (nSPS) is 23.3. The van der Waals surface area contributed by atoms with E-state index in [-0.39, 0.29) is 44.7 Å². The van der Waals surface area contributed by atoms with E-state index in [1.807, 2.05) is 6.07 Å². The minimum Gasteiger partial charge on any atom is -0.480 e. The summed E-state index contributed by atoms with van der Waals surface area (Å²) in [6, 6.07) is 6.70. The quantitative estimate of drug-likeness (QED) is 0.209. The highest BCUT2D eigenvalue weighted by Gasteiger charge is 2.67. The van der Waals surface area contributed by atoms with E-state index in [1.54, 1.807) is 24.3 Å². The topological polar surface area (TPSA) is 188 Å². The van der Waals surface area contributed by atoms with Gasteiger partial charge in [-0.2, -0.15) is 0 Å². The smallest absolute Gasteiger partial charge is 0.408 e. The minimum atomic E-state index is -2.11. The summed E-state index contributed by atoms with van der Waals surface area (Å²) in [7, 11) is 0. The third kappa shape index (κ3) is 6.12. The summed E-state index contributed by atoms with van der Waals surface area (Å²) in [6.07, 6.45) is 0.499.